The van der Waals surface area contributed by atoms with Crippen molar-refractivity contribution >= 4 is 11.9 Å². The lowest BCUT2D eigenvalue weighted by atomic mass is 9.97. The first-order valence-electron chi connectivity index (χ1n) is 8.12. The molecule has 0 spiro atoms. The van der Waals surface area contributed by atoms with Crippen molar-refractivity contribution in [3.05, 3.63) is 46.3 Å². The van der Waals surface area contributed by atoms with Gasteiger partial charge >= 0.3 is 5.97 Å². The Labute approximate surface area is 145 Å². The highest BCUT2D eigenvalue weighted by molar-refractivity contribution is 5.88. The molecule has 2 heterocycles. The van der Waals surface area contributed by atoms with E-state index >= 15 is 0 Å². The number of carboxylic acids is 1. The van der Waals surface area contributed by atoms with Gasteiger partial charge in [-0.25, -0.2) is 4.79 Å². The minimum absolute atomic E-state index is 0.0542. The second-order valence-electron chi connectivity index (χ2n) is 6.27. The number of nitrogens with zero attached hydrogens (tertiary/aromatic N) is 3. The molecular weight excluding hydrogens is 322 g/mol. The molecule has 1 aliphatic heterocycles. The Morgan fingerprint density at radius 3 is 2.68 bits per heavy atom. The van der Waals surface area contributed by atoms with E-state index in [9.17, 15) is 9.59 Å². The standard InChI is InChI=1S/C18H21N3O4/c1-11-17(12(2)20(3)19-11)25-10-16(22)21-7-6-13-4-5-14(18(23)24)8-15(13)9-21/h4-5,8H,6-7,9-10H2,1-3H3,(H,23,24). The Morgan fingerprint density at radius 2 is 2.04 bits per heavy atom. The van der Waals surface area contributed by atoms with Gasteiger partial charge in [0.1, 0.15) is 5.69 Å². The van der Waals surface area contributed by atoms with Crippen LogP contribution in [0.3, 0.4) is 0 Å². The van der Waals surface area contributed by atoms with E-state index in [0.717, 1.165) is 22.5 Å². The number of aryl methyl sites for hydroxylation is 2. The number of carbonyl (C=O) groups is 2. The van der Waals surface area contributed by atoms with Crippen LogP contribution in [0, 0.1) is 13.8 Å². The van der Waals surface area contributed by atoms with E-state index < -0.39 is 5.97 Å². The van der Waals surface area contributed by atoms with Crippen LogP contribution in [0.25, 0.3) is 0 Å². The lowest BCUT2D eigenvalue weighted by Crippen LogP contribution is -2.39. The average molecular weight is 343 g/mol. The van der Waals surface area contributed by atoms with Gasteiger partial charge in [-0.15, -0.1) is 0 Å². The average Bonchev–Trinajstić information content (AvgIpc) is 2.83. The summed E-state index contributed by atoms with van der Waals surface area (Å²) in [5, 5.41) is 13.4. The van der Waals surface area contributed by atoms with Crippen molar-refractivity contribution < 1.29 is 19.4 Å². The number of aromatic nitrogens is 2. The highest BCUT2D eigenvalue weighted by Gasteiger charge is 2.23. The number of fused-ring (bicyclic) bond motifs is 1. The van der Waals surface area contributed by atoms with Crippen molar-refractivity contribution in [3.8, 4) is 5.75 Å². The molecule has 1 aromatic carbocycles. The first-order chi connectivity index (χ1) is 11.9. The third-order valence-electron chi connectivity index (χ3n) is 4.60. The predicted octanol–water partition coefficient (Wildman–Crippen LogP) is 1.70. The molecule has 0 saturated heterocycles. The zero-order chi connectivity index (χ0) is 18.1. The van der Waals surface area contributed by atoms with E-state index in [2.05, 4.69) is 5.10 Å². The quantitative estimate of drug-likeness (QED) is 0.913. The molecule has 0 radical (unpaired) electrons. The fourth-order valence-electron chi connectivity index (χ4n) is 3.09. The number of aromatic carboxylic acids is 1. The van der Waals surface area contributed by atoms with Crippen molar-refractivity contribution in [2.24, 2.45) is 7.05 Å². The van der Waals surface area contributed by atoms with Crippen LogP contribution in [-0.4, -0.2) is 44.8 Å². The van der Waals surface area contributed by atoms with Crippen LogP contribution >= 0.6 is 0 Å². The van der Waals surface area contributed by atoms with E-state index in [1.54, 1.807) is 21.7 Å². The number of carbonyl (C=O) groups excluding carboxylic acids is 1. The predicted molar refractivity (Wildman–Crippen MR) is 90.7 cm³/mol. The number of carboxylic acid groups (broad SMARTS) is 1. The summed E-state index contributed by atoms with van der Waals surface area (Å²) in [4.78, 5) is 25.3. The number of benzene rings is 1. The first kappa shape index (κ1) is 17.0. The number of ether oxygens (including phenoxy) is 1. The molecule has 1 amide bonds. The summed E-state index contributed by atoms with van der Waals surface area (Å²) < 4.78 is 7.41. The summed E-state index contributed by atoms with van der Waals surface area (Å²) in [6.07, 6.45) is 0.714. The van der Waals surface area contributed by atoms with Gasteiger partial charge in [-0.1, -0.05) is 6.07 Å². The van der Waals surface area contributed by atoms with E-state index in [-0.39, 0.29) is 18.1 Å². The van der Waals surface area contributed by atoms with Crippen molar-refractivity contribution in [1.82, 2.24) is 14.7 Å². The van der Waals surface area contributed by atoms with Crippen molar-refractivity contribution in [3.63, 3.8) is 0 Å². The van der Waals surface area contributed by atoms with Gasteiger partial charge in [-0.2, -0.15) is 5.10 Å². The third-order valence-corrected chi connectivity index (χ3v) is 4.60. The molecule has 132 valence electrons. The highest BCUT2D eigenvalue weighted by Crippen LogP contribution is 2.23. The minimum atomic E-state index is -0.961. The molecular formula is C18H21N3O4. The molecule has 7 heteroatoms. The van der Waals surface area contributed by atoms with Crippen LogP contribution < -0.4 is 4.74 Å². The topological polar surface area (TPSA) is 84.7 Å². The fourth-order valence-corrected chi connectivity index (χ4v) is 3.09. The van der Waals surface area contributed by atoms with Gasteiger partial charge in [0.25, 0.3) is 5.91 Å². The Kier molecular flexibility index (Phi) is 4.48. The van der Waals surface area contributed by atoms with E-state index in [0.29, 0.717) is 25.3 Å². The second-order valence-corrected chi connectivity index (χ2v) is 6.27. The molecule has 0 atom stereocenters. The maximum Gasteiger partial charge on any atom is 0.335 e. The Balaban J connectivity index is 1.68. The second kappa shape index (κ2) is 6.58. The summed E-state index contributed by atoms with van der Waals surface area (Å²) in [5.41, 5.74) is 3.84. The summed E-state index contributed by atoms with van der Waals surface area (Å²) in [5.74, 6) is -0.437. The molecule has 0 saturated carbocycles. The lowest BCUT2D eigenvalue weighted by molar-refractivity contribution is -0.134. The molecule has 0 aliphatic carbocycles. The van der Waals surface area contributed by atoms with E-state index in [4.69, 9.17) is 9.84 Å². The molecule has 7 nitrogen and oxygen atoms in total. The number of rotatable bonds is 4. The van der Waals surface area contributed by atoms with Gasteiger partial charge in [-0.3, -0.25) is 9.48 Å². The van der Waals surface area contributed by atoms with Gasteiger partial charge < -0.3 is 14.7 Å². The third kappa shape index (κ3) is 3.35. The van der Waals surface area contributed by atoms with Gasteiger partial charge in [0.05, 0.1) is 11.3 Å². The highest BCUT2D eigenvalue weighted by atomic mass is 16.5. The Morgan fingerprint density at radius 1 is 1.28 bits per heavy atom. The fraction of sp³-hybridized carbons (Fsp3) is 0.389. The maximum absolute atomic E-state index is 12.5. The van der Waals surface area contributed by atoms with Crippen molar-refractivity contribution in [2.75, 3.05) is 13.2 Å². The summed E-state index contributed by atoms with van der Waals surface area (Å²) in [7, 11) is 1.83. The molecule has 0 bridgehead atoms. The SMILES string of the molecule is Cc1nn(C)c(C)c1OCC(=O)N1CCc2ccc(C(=O)O)cc2C1. The minimum Gasteiger partial charge on any atom is -0.480 e. The lowest BCUT2D eigenvalue weighted by Gasteiger charge is -2.29. The largest absolute Gasteiger partial charge is 0.480 e. The van der Waals surface area contributed by atoms with Crippen molar-refractivity contribution in [1.29, 1.82) is 0 Å². The van der Waals surface area contributed by atoms with Crippen LogP contribution in [0.4, 0.5) is 0 Å². The van der Waals surface area contributed by atoms with Crippen LogP contribution in [0.1, 0.15) is 32.9 Å². The summed E-state index contributed by atoms with van der Waals surface area (Å²) in [6.45, 7) is 4.69. The molecule has 1 aromatic heterocycles. The van der Waals surface area contributed by atoms with Crippen LogP contribution in [0.15, 0.2) is 18.2 Å². The Bertz CT molecular complexity index is 841. The van der Waals surface area contributed by atoms with Gasteiger partial charge in [0, 0.05) is 20.1 Å². The molecule has 1 aliphatic rings. The summed E-state index contributed by atoms with van der Waals surface area (Å²) >= 11 is 0. The number of hydrogen-bond donors (Lipinski definition) is 1. The molecule has 25 heavy (non-hydrogen) atoms. The molecule has 3 rings (SSSR count). The van der Waals surface area contributed by atoms with Gasteiger partial charge in [-0.05, 0) is 43.5 Å². The maximum atomic E-state index is 12.5. The smallest absolute Gasteiger partial charge is 0.335 e. The molecule has 0 fully saturated rings. The Hall–Kier alpha value is -2.83. The zero-order valence-corrected chi connectivity index (χ0v) is 14.6. The van der Waals surface area contributed by atoms with Gasteiger partial charge in [0.2, 0.25) is 0 Å². The number of hydrogen-bond acceptors (Lipinski definition) is 4. The van der Waals surface area contributed by atoms with Crippen LogP contribution in [0.2, 0.25) is 0 Å². The molecule has 1 N–H and O–H groups in total. The normalized spacial score (nSPS) is 13.5. The van der Waals surface area contributed by atoms with Crippen molar-refractivity contribution in [2.45, 2.75) is 26.8 Å². The van der Waals surface area contributed by atoms with Crippen LogP contribution in [-0.2, 0) is 24.8 Å². The first-order valence-corrected chi connectivity index (χ1v) is 8.12. The van der Waals surface area contributed by atoms with E-state index in [1.807, 2.05) is 27.0 Å². The van der Waals surface area contributed by atoms with Gasteiger partial charge in [0.15, 0.2) is 12.4 Å². The monoisotopic (exact) mass is 343 g/mol. The molecule has 0 unspecified atom stereocenters. The summed E-state index contributed by atoms with van der Waals surface area (Å²) in [6, 6.07) is 5.09. The van der Waals surface area contributed by atoms with E-state index in [1.165, 1.54) is 0 Å². The molecule has 2 aromatic rings. The zero-order valence-electron chi connectivity index (χ0n) is 14.6. The number of amides is 1. The van der Waals surface area contributed by atoms with Crippen LogP contribution in [0.5, 0.6) is 5.75 Å².